The number of hydrogen-bond donors (Lipinski definition) is 0. The number of morpholine rings is 1. The number of hydrogen-bond acceptors (Lipinski definition) is 6. The van der Waals surface area contributed by atoms with E-state index in [-0.39, 0.29) is 18.1 Å². The molecule has 0 aromatic carbocycles. The Kier molecular flexibility index (Phi) is 4.23. The molecule has 0 N–H and O–H groups in total. The van der Waals surface area contributed by atoms with Crippen molar-refractivity contribution in [2.24, 2.45) is 0 Å². The number of fused-ring (bicyclic) bond motifs is 1. The Balaban J connectivity index is 1.51. The molecule has 25 heavy (non-hydrogen) atoms. The highest BCUT2D eigenvalue weighted by atomic mass is 16.5. The Bertz CT molecular complexity index is 738. The predicted molar refractivity (Wildman–Crippen MR) is 91.8 cm³/mol. The number of nitrogens with zero attached hydrogens (tertiary/aromatic N) is 4. The van der Waals surface area contributed by atoms with Crippen LogP contribution >= 0.6 is 0 Å². The van der Waals surface area contributed by atoms with Gasteiger partial charge in [-0.2, -0.15) is 0 Å². The molecule has 2 saturated heterocycles. The molecule has 2 aliphatic rings. The van der Waals surface area contributed by atoms with Crippen LogP contribution in [0.3, 0.4) is 0 Å². The molecule has 130 valence electrons. The highest BCUT2D eigenvalue weighted by Crippen LogP contribution is 2.27. The first kappa shape index (κ1) is 15.8. The molecule has 2 aliphatic heterocycles. The monoisotopic (exact) mass is 340 g/mol. The third-order valence-corrected chi connectivity index (χ3v) is 4.72. The lowest BCUT2D eigenvalue weighted by Crippen LogP contribution is -2.51. The lowest BCUT2D eigenvalue weighted by molar-refractivity contribution is 0.0299. The highest BCUT2D eigenvalue weighted by Gasteiger charge is 2.42. The van der Waals surface area contributed by atoms with E-state index in [0.717, 1.165) is 12.4 Å². The van der Waals surface area contributed by atoms with Crippen molar-refractivity contribution < 1.29 is 14.3 Å². The summed E-state index contributed by atoms with van der Waals surface area (Å²) in [6, 6.07) is 9.45. The predicted octanol–water partition coefficient (Wildman–Crippen LogP) is 1.21. The minimum absolute atomic E-state index is 0.00548. The number of likely N-dealkylation sites (tertiary alicyclic amines) is 1. The van der Waals surface area contributed by atoms with Gasteiger partial charge in [0.2, 0.25) is 5.88 Å². The van der Waals surface area contributed by atoms with E-state index in [2.05, 4.69) is 14.9 Å². The van der Waals surface area contributed by atoms with Gasteiger partial charge in [0, 0.05) is 38.1 Å². The highest BCUT2D eigenvalue weighted by molar-refractivity contribution is 5.94. The van der Waals surface area contributed by atoms with Gasteiger partial charge < -0.3 is 19.3 Å². The van der Waals surface area contributed by atoms with Crippen molar-refractivity contribution in [3.05, 3.63) is 48.3 Å². The van der Waals surface area contributed by atoms with Crippen molar-refractivity contribution in [1.82, 2.24) is 14.9 Å². The van der Waals surface area contributed by atoms with Crippen LogP contribution in [0, 0.1) is 0 Å². The molecule has 7 heteroatoms. The summed E-state index contributed by atoms with van der Waals surface area (Å²) in [5.41, 5.74) is 0.559. The number of rotatable bonds is 3. The van der Waals surface area contributed by atoms with Crippen LogP contribution < -0.4 is 9.64 Å². The summed E-state index contributed by atoms with van der Waals surface area (Å²) in [7, 11) is 1.55. The van der Waals surface area contributed by atoms with Crippen LogP contribution in [0.25, 0.3) is 0 Å². The first-order valence-electron chi connectivity index (χ1n) is 8.35. The average molecular weight is 340 g/mol. The summed E-state index contributed by atoms with van der Waals surface area (Å²) in [6.07, 6.45) is 3.35. The van der Waals surface area contributed by atoms with Gasteiger partial charge in [0.25, 0.3) is 5.91 Å². The molecule has 0 aliphatic carbocycles. The molecule has 0 saturated carbocycles. The topological polar surface area (TPSA) is 67.8 Å². The van der Waals surface area contributed by atoms with Gasteiger partial charge in [-0.25, -0.2) is 9.97 Å². The van der Waals surface area contributed by atoms with E-state index < -0.39 is 0 Å². The largest absolute Gasteiger partial charge is 0.481 e. The van der Waals surface area contributed by atoms with Crippen molar-refractivity contribution >= 4 is 11.7 Å². The minimum Gasteiger partial charge on any atom is -0.481 e. The fraction of sp³-hybridized carbons (Fsp3) is 0.389. The molecule has 4 heterocycles. The zero-order valence-corrected chi connectivity index (χ0v) is 14.0. The second-order valence-corrected chi connectivity index (χ2v) is 6.16. The van der Waals surface area contributed by atoms with Crippen molar-refractivity contribution in [1.29, 1.82) is 0 Å². The molecular weight excluding hydrogens is 320 g/mol. The Morgan fingerprint density at radius 1 is 1.24 bits per heavy atom. The summed E-state index contributed by atoms with van der Waals surface area (Å²) in [6.45, 7) is 2.62. The molecule has 0 radical (unpaired) electrons. The number of amides is 1. The molecule has 0 unspecified atom stereocenters. The second-order valence-electron chi connectivity index (χ2n) is 6.16. The second kappa shape index (κ2) is 6.68. The van der Waals surface area contributed by atoms with E-state index in [1.165, 1.54) is 0 Å². The van der Waals surface area contributed by atoms with Crippen molar-refractivity contribution in [2.45, 2.75) is 12.1 Å². The maximum Gasteiger partial charge on any atom is 0.255 e. The van der Waals surface area contributed by atoms with Crippen LogP contribution in [0.5, 0.6) is 5.88 Å². The lowest BCUT2D eigenvalue weighted by atomic mass is 10.1. The van der Waals surface area contributed by atoms with Crippen molar-refractivity contribution in [3.63, 3.8) is 0 Å². The maximum absolute atomic E-state index is 12.8. The van der Waals surface area contributed by atoms with Gasteiger partial charge in [0.05, 0.1) is 31.4 Å². The molecule has 4 rings (SSSR count). The van der Waals surface area contributed by atoms with Gasteiger partial charge in [-0.05, 0) is 18.2 Å². The van der Waals surface area contributed by atoms with Crippen LogP contribution in [-0.2, 0) is 4.74 Å². The smallest absolute Gasteiger partial charge is 0.255 e. The minimum atomic E-state index is -0.0332. The van der Waals surface area contributed by atoms with E-state index in [4.69, 9.17) is 9.47 Å². The van der Waals surface area contributed by atoms with Crippen molar-refractivity contribution in [2.75, 3.05) is 38.3 Å². The van der Waals surface area contributed by atoms with Gasteiger partial charge in [0.15, 0.2) is 0 Å². The van der Waals surface area contributed by atoms with E-state index in [1.807, 2.05) is 23.1 Å². The fourth-order valence-corrected chi connectivity index (χ4v) is 3.47. The Morgan fingerprint density at radius 3 is 2.88 bits per heavy atom. The normalized spacial score (nSPS) is 22.6. The number of aromatic nitrogens is 2. The zero-order chi connectivity index (χ0) is 17.2. The zero-order valence-electron chi connectivity index (χ0n) is 14.0. The van der Waals surface area contributed by atoms with E-state index in [9.17, 15) is 4.79 Å². The number of pyridine rings is 2. The first-order chi connectivity index (χ1) is 12.3. The molecule has 7 nitrogen and oxygen atoms in total. The SMILES string of the molecule is COc1ccc(C(=O)N2C[C@@H]3OCCN(c4ccccn4)[C@H]3C2)cn1. The van der Waals surface area contributed by atoms with Gasteiger partial charge in [-0.15, -0.1) is 0 Å². The Labute approximate surface area is 146 Å². The van der Waals surface area contributed by atoms with Crippen LogP contribution in [0.1, 0.15) is 10.4 Å². The Morgan fingerprint density at radius 2 is 2.16 bits per heavy atom. The van der Waals surface area contributed by atoms with Crippen LogP contribution in [0.4, 0.5) is 5.82 Å². The standard InChI is InChI=1S/C18H20N4O3/c1-24-17-6-5-13(10-20-17)18(23)21-11-14-15(12-21)25-9-8-22(14)16-4-2-3-7-19-16/h2-7,10,14-15H,8-9,11-12H2,1H3/t14-,15-/m0/s1. The summed E-state index contributed by atoms with van der Waals surface area (Å²) in [4.78, 5) is 25.4. The molecule has 0 bridgehead atoms. The summed E-state index contributed by atoms with van der Waals surface area (Å²) < 4.78 is 11.0. The van der Waals surface area contributed by atoms with Crippen LogP contribution in [0.15, 0.2) is 42.7 Å². The first-order valence-corrected chi connectivity index (χ1v) is 8.35. The Hall–Kier alpha value is -2.67. The molecule has 2 aromatic heterocycles. The van der Waals surface area contributed by atoms with E-state index in [1.54, 1.807) is 31.6 Å². The number of carbonyl (C=O) groups is 1. The average Bonchev–Trinajstić information content (AvgIpc) is 3.12. The fourth-order valence-electron chi connectivity index (χ4n) is 3.47. The lowest BCUT2D eigenvalue weighted by Gasteiger charge is -2.37. The summed E-state index contributed by atoms with van der Waals surface area (Å²) in [5.74, 6) is 1.40. The summed E-state index contributed by atoms with van der Waals surface area (Å²) in [5, 5.41) is 0. The van der Waals surface area contributed by atoms with Gasteiger partial charge in [-0.1, -0.05) is 6.07 Å². The molecular formula is C18H20N4O3. The van der Waals surface area contributed by atoms with Gasteiger partial charge in [-0.3, -0.25) is 4.79 Å². The summed E-state index contributed by atoms with van der Waals surface area (Å²) >= 11 is 0. The van der Waals surface area contributed by atoms with Crippen LogP contribution in [-0.4, -0.2) is 66.3 Å². The van der Waals surface area contributed by atoms with Crippen molar-refractivity contribution in [3.8, 4) is 5.88 Å². The maximum atomic E-state index is 12.8. The van der Waals surface area contributed by atoms with Crippen LogP contribution in [0.2, 0.25) is 0 Å². The number of ether oxygens (including phenoxy) is 2. The molecule has 2 aromatic rings. The quantitative estimate of drug-likeness (QED) is 0.837. The number of anilines is 1. The molecule has 2 fully saturated rings. The van der Waals surface area contributed by atoms with E-state index >= 15 is 0 Å². The molecule has 2 atom stereocenters. The molecule has 0 spiro atoms. The van der Waals surface area contributed by atoms with E-state index in [0.29, 0.717) is 31.1 Å². The van der Waals surface area contributed by atoms with Gasteiger partial charge >= 0.3 is 0 Å². The third-order valence-electron chi connectivity index (χ3n) is 4.72. The third kappa shape index (κ3) is 3.02. The van der Waals surface area contributed by atoms with Gasteiger partial charge in [0.1, 0.15) is 5.82 Å². The number of methoxy groups -OCH3 is 1. The number of carbonyl (C=O) groups excluding carboxylic acids is 1. The molecule has 1 amide bonds.